The van der Waals surface area contributed by atoms with Gasteiger partial charge in [0.25, 0.3) is 0 Å². The molecule has 0 saturated carbocycles. The van der Waals surface area contributed by atoms with E-state index in [4.69, 9.17) is 13.9 Å². The van der Waals surface area contributed by atoms with Crippen LogP contribution >= 0.6 is 0 Å². The van der Waals surface area contributed by atoms with E-state index >= 15 is 0 Å². The van der Waals surface area contributed by atoms with Gasteiger partial charge in [-0.25, -0.2) is 4.79 Å². The van der Waals surface area contributed by atoms with Gasteiger partial charge >= 0.3 is 5.97 Å². The van der Waals surface area contributed by atoms with Gasteiger partial charge in [0.2, 0.25) is 5.76 Å². The molecule has 0 aliphatic rings. The monoisotopic (exact) mass is 290 g/mol. The summed E-state index contributed by atoms with van der Waals surface area (Å²) in [6.45, 7) is 4.36. The van der Waals surface area contributed by atoms with E-state index in [9.17, 15) is 4.79 Å². The largest absolute Gasteiger partial charge is 0.494 e. The van der Waals surface area contributed by atoms with E-state index in [0.29, 0.717) is 18.1 Å². The molecule has 1 aromatic carbocycles. The Kier molecular flexibility index (Phi) is 4.87. The van der Waals surface area contributed by atoms with Gasteiger partial charge in [0, 0.05) is 6.07 Å². The molecule has 0 spiro atoms. The fourth-order valence-electron chi connectivity index (χ4n) is 1.85. The van der Waals surface area contributed by atoms with Crippen LogP contribution in [0.15, 0.2) is 40.8 Å². The molecule has 1 aromatic heterocycles. The van der Waals surface area contributed by atoms with Crippen molar-refractivity contribution in [2.24, 2.45) is 0 Å². The van der Waals surface area contributed by atoms with Gasteiger partial charge < -0.3 is 18.6 Å². The number of furan rings is 1. The quantitative estimate of drug-likeness (QED) is 0.761. The number of ether oxygens (including phenoxy) is 3. The number of carbonyl (C=O) groups is 1. The van der Waals surface area contributed by atoms with Crippen LogP contribution in [0.2, 0.25) is 0 Å². The Labute approximate surface area is 123 Å². The highest BCUT2D eigenvalue weighted by Gasteiger charge is 2.16. The summed E-state index contributed by atoms with van der Waals surface area (Å²) in [5.74, 6) is 1.62. The molecule has 2 rings (SSSR count). The normalized spacial score (nSPS) is 11.8. The first-order valence-corrected chi connectivity index (χ1v) is 6.71. The molecule has 0 amide bonds. The third kappa shape index (κ3) is 3.78. The van der Waals surface area contributed by atoms with Crippen LogP contribution in [0.3, 0.4) is 0 Å². The lowest BCUT2D eigenvalue weighted by Crippen LogP contribution is -2.03. The second kappa shape index (κ2) is 6.83. The number of hydrogen-bond donors (Lipinski definition) is 0. The van der Waals surface area contributed by atoms with Crippen LogP contribution in [0, 0.1) is 0 Å². The maximum atomic E-state index is 11.4. The van der Waals surface area contributed by atoms with Gasteiger partial charge in [-0.2, -0.15) is 0 Å². The Hall–Kier alpha value is -2.43. The predicted octanol–water partition coefficient (Wildman–Crippen LogP) is 3.60. The number of esters is 1. The third-order valence-electron chi connectivity index (χ3n) is 2.84. The molecule has 5 heteroatoms. The van der Waals surface area contributed by atoms with Gasteiger partial charge in [-0.15, -0.1) is 0 Å². The van der Waals surface area contributed by atoms with E-state index in [1.807, 2.05) is 38.1 Å². The highest BCUT2D eigenvalue weighted by Crippen LogP contribution is 2.26. The average molecular weight is 290 g/mol. The maximum absolute atomic E-state index is 11.4. The summed E-state index contributed by atoms with van der Waals surface area (Å²) in [6.07, 6.45) is -0.333. The van der Waals surface area contributed by atoms with Crippen molar-refractivity contribution < 1.29 is 23.4 Å². The van der Waals surface area contributed by atoms with Gasteiger partial charge in [0.1, 0.15) is 17.3 Å². The molecule has 2 aromatic rings. The van der Waals surface area contributed by atoms with Crippen LogP contribution < -0.4 is 9.47 Å². The molecular formula is C16H18O5. The molecule has 0 aliphatic carbocycles. The Balaban J connectivity index is 2.07. The average Bonchev–Trinajstić information content (AvgIpc) is 2.97. The molecule has 0 bridgehead atoms. The SMILES string of the molecule is CCOc1cccc(OC(C)c2ccc(C(=O)OC)o2)c1. The second-order valence-corrected chi connectivity index (χ2v) is 4.36. The van der Waals surface area contributed by atoms with E-state index in [1.165, 1.54) is 7.11 Å². The zero-order valence-electron chi connectivity index (χ0n) is 12.3. The lowest BCUT2D eigenvalue weighted by molar-refractivity contribution is 0.0558. The van der Waals surface area contributed by atoms with E-state index in [2.05, 4.69) is 4.74 Å². The summed E-state index contributed by atoms with van der Waals surface area (Å²) in [5.41, 5.74) is 0. The molecule has 1 heterocycles. The van der Waals surface area contributed by atoms with Crippen LogP contribution in [0.25, 0.3) is 0 Å². The van der Waals surface area contributed by atoms with Crippen molar-refractivity contribution in [2.75, 3.05) is 13.7 Å². The standard InChI is InChI=1S/C16H18O5/c1-4-19-12-6-5-7-13(10-12)20-11(2)14-8-9-15(21-14)16(17)18-3/h5-11H,4H2,1-3H3. The maximum Gasteiger partial charge on any atom is 0.373 e. The van der Waals surface area contributed by atoms with E-state index in [0.717, 1.165) is 5.75 Å². The molecule has 0 radical (unpaired) electrons. The van der Waals surface area contributed by atoms with Crippen LogP contribution in [0.1, 0.15) is 36.3 Å². The zero-order valence-corrected chi connectivity index (χ0v) is 12.3. The fraction of sp³-hybridized carbons (Fsp3) is 0.312. The van der Waals surface area contributed by atoms with Crippen molar-refractivity contribution in [3.05, 3.63) is 47.9 Å². The van der Waals surface area contributed by atoms with Crippen molar-refractivity contribution >= 4 is 5.97 Å². The Bertz CT molecular complexity index is 602. The summed E-state index contributed by atoms with van der Waals surface area (Å²) in [4.78, 5) is 11.4. The van der Waals surface area contributed by atoms with Crippen LogP contribution in [0.4, 0.5) is 0 Å². The van der Waals surface area contributed by atoms with Crippen molar-refractivity contribution in [3.63, 3.8) is 0 Å². The summed E-state index contributed by atoms with van der Waals surface area (Å²) >= 11 is 0. The van der Waals surface area contributed by atoms with Crippen molar-refractivity contribution in [1.82, 2.24) is 0 Å². The smallest absolute Gasteiger partial charge is 0.373 e. The van der Waals surface area contributed by atoms with Crippen LogP contribution in [-0.2, 0) is 4.74 Å². The second-order valence-electron chi connectivity index (χ2n) is 4.36. The summed E-state index contributed by atoms with van der Waals surface area (Å²) in [6, 6.07) is 10.6. The van der Waals surface area contributed by atoms with E-state index in [1.54, 1.807) is 12.1 Å². The minimum absolute atomic E-state index is 0.158. The Morgan fingerprint density at radius 3 is 2.71 bits per heavy atom. The minimum Gasteiger partial charge on any atom is -0.494 e. The van der Waals surface area contributed by atoms with Crippen LogP contribution in [-0.4, -0.2) is 19.7 Å². The highest BCUT2D eigenvalue weighted by molar-refractivity contribution is 5.86. The van der Waals surface area contributed by atoms with Crippen molar-refractivity contribution in [2.45, 2.75) is 20.0 Å². The lowest BCUT2D eigenvalue weighted by Gasteiger charge is -2.13. The van der Waals surface area contributed by atoms with E-state index in [-0.39, 0.29) is 11.9 Å². The molecule has 0 aliphatic heterocycles. The first-order valence-electron chi connectivity index (χ1n) is 6.71. The van der Waals surface area contributed by atoms with Crippen LogP contribution in [0.5, 0.6) is 11.5 Å². The van der Waals surface area contributed by atoms with Gasteiger partial charge in [-0.3, -0.25) is 0 Å². The molecule has 0 saturated heterocycles. The van der Waals surface area contributed by atoms with Gasteiger partial charge in [0.15, 0.2) is 6.10 Å². The molecule has 112 valence electrons. The Morgan fingerprint density at radius 1 is 1.24 bits per heavy atom. The molecule has 5 nitrogen and oxygen atoms in total. The molecule has 1 unspecified atom stereocenters. The number of benzene rings is 1. The number of rotatable bonds is 6. The predicted molar refractivity (Wildman–Crippen MR) is 76.7 cm³/mol. The molecular weight excluding hydrogens is 272 g/mol. The molecule has 1 atom stereocenters. The van der Waals surface area contributed by atoms with Gasteiger partial charge in [-0.05, 0) is 38.1 Å². The first-order chi connectivity index (χ1) is 10.1. The first kappa shape index (κ1) is 15.0. The number of methoxy groups -OCH3 is 1. The lowest BCUT2D eigenvalue weighted by atomic mass is 10.3. The fourth-order valence-corrected chi connectivity index (χ4v) is 1.85. The molecule has 0 N–H and O–H groups in total. The summed E-state index contributed by atoms with van der Waals surface area (Å²) in [5, 5.41) is 0. The molecule has 21 heavy (non-hydrogen) atoms. The minimum atomic E-state index is -0.508. The summed E-state index contributed by atoms with van der Waals surface area (Å²) < 4.78 is 21.2. The van der Waals surface area contributed by atoms with Gasteiger partial charge in [0.05, 0.1) is 13.7 Å². The third-order valence-corrected chi connectivity index (χ3v) is 2.84. The Morgan fingerprint density at radius 2 is 2.00 bits per heavy atom. The number of carbonyl (C=O) groups excluding carboxylic acids is 1. The topological polar surface area (TPSA) is 57.9 Å². The summed E-state index contributed by atoms with van der Waals surface area (Å²) in [7, 11) is 1.31. The van der Waals surface area contributed by atoms with Gasteiger partial charge in [-0.1, -0.05) is 6.07 Å². The van der Waals surface area contributed by atoms with Crippen molar-refractivity contribution in [1.29, 1.82) is 0 Å². The molecule has 0 fully saturated rings. The highest BCUT2D eigenvalue weighted by atomic mass is 16.5. The van der Waals surface area contributed by atoms with E-state index < -0.39 is 5.97 Å². The van der Waals surface area contributed by atoms with Crippen molar-refractivity contribution in [3.8, 4) is 11.5 Å². The number of hydrogen-bond acceptors (Lipinski definition) is 5. The zero-order chi connectivity index (χ0) is 15.2.